The zero-order chi connectivity index (χ0) is 27.5. The molecule has 1 saturated heterocycles. The number of fused-ring (bicyclic) bond motifs is 1. The molecule has 39 heavy (non-hydrogen) atoms. The van der Waals surface area contributed by atoms with Crippen LogP contribution < -0.4 is 0 Å². The third kappa shape index (κ3) is 4.24. The van der Waals surface area contributed by atoms with Crippen molar-refractivity contribution in [2.45, 2.75) is 49.8 Å². The average molecular weight is 545 g/mol. The van der Waals surface area contributed by atoms with E-state index in [1.54, 1.807) is 25.1 Å². The summed E-state index contributed by atoms with van der Waals surface area (Å²) in [7, 11) is 1.33. The van der Waals surface area contributed by atoms with Crippen LogP contribution in [0.25, 0.3) is 16.8 Å². The molecule has 1 saturated carbocycles. The standard InChI is InChI=1S/C26H23F4N5O4/c1-13-31-20-10-17(35-24(26(28,29)30)32-33-34-35)9-19(22(20)39-13)15-11-25(38-12-15)8-7-18(23(36)37-2)21(25)14-3-5-16(27)6-4-14/h3-6,9-10,15,18,21H,7-8,11-12H2,1-2H3/t15-,18+,21-,25-/m1/s1. The number of aryl methyl sites for hydroxylation is 1. The molecule has 2 fully saturated rings. The lowest BCUT2D eigenvalue weighted by molar-refractivity contribution is -0.147. The Morgan fingerprint density at radius 3 is 2.69 bits per heavy atom. The molecule has 1 spiro atoms. The first-order chi connectivity index (χ1) is 18.6. The van der Waals surface area contributed by atoms with Gasteiger partial charge in [0.05, 0.1) is 30.9 Å². The average Bonchev–Trinajstić information content (AvgIpc) is 3.69. The number of rotatable bonds is 4. The molecule has 4 aromatic rings. The predicted octanol–water partition coefficient (Wildman–Crippen LogP) is 4.88. The van der Waals surface area contributed by atoms with Gasteiger partial charge in [0.25, 0.3) is 5.82 Å². The van der Waals surface area contributed by atoms with Crippen LogP contribution in [0.1, 0.15) is 53.9 Å². The van der Waals surface area contributed by atoms with Crippen molar-refractivity contribution in [1.29, 1.82) is 0 Å². The lowest BCUT2D eigenvalue weighted by atomic mass is 9.76. The van der Waals surface area contributed by atoms with Gasteiger partial charge in [-0.1, -0.05) is 12.1 Å². The minimum Gasteiger partial charge on any atom is -0.469 e. The summed E-state index contributed by atoms with van der Waals surface area (Å²) in [5.41, 5.74) is 1.46. The number of methoxy groups -OCH3 is 1. The largest absolute Gasteiger partial charge is 0.469 e. The van der Waals surface area contributed by atoms with Gasteiger partial charge in [0.15, 0.2) is 11.5 Å². The Bertz CT molecular complexity index is 1550. The van der Waals surface area contributed by atoms with Crippen LogP contribution in [0.5, 0.6) is 0 Å². The monoisotopic (exact) mass is 545 g/mol. The normalized spacial score (nSPS) is 25.1. The minimum absolute atomic E-state index is 0.0815. The van der Waals surface area contributed by atoms with E-state index in [9.17, 15) is 22.4 Å². The van der Waals surface area contributed by atoms with Gasteiger partial charge in [-0.15, -0.1) is 5.10 Å². The molecule has 0 bridgehead atoms. The minimum atomic E-state index is -4.77. The lowest BCUT2D eigenvalue weighted by Gasteiger charge is -2.33. The molecule has 2 aliphatic rings. The zero-order valence-electron chi connectivity index (χ0n) is 20.9. The maximum atomic E-state index is 13.7. The highest BCUT2D eigenvalue weighted by atomic mass is 19.4. The summed E-state index contributed by atoms with van der Waals surface area (Å²) in [6.07, 6.45) is -3.26. The van der Waals surface area contributed by atoms with Crippen LogP contribution in [0.2, 0.25) is 0 Å². The van der Waals surface area contributed by atoms with E-state index >= 15 is 0 Å². The summed E-state index contributed by atoms with van der Waals surface area (Å²) in [4.78, 5) is 17.1. The maximum Gasteiger partial charge on any atom is 0.453 e. The SMILES string of the molecule is COC(=O)[C@H]1CC[C@@]2(C[C@@H](c3cc(-n4nnnc4C(F)(F)F)cc4nc(C)oc34)CO2)[C@@H]1c1ccc(F)cc1. The number of halogens is 4. The highest BCUT2D eigenvalue weighted by Crippen LogP contribution is 2.57. The van der Waals surface area contributed by atoms with Gasteiger partial charge in [0, 0.05) is 24.3 Å². The van der Waals surface area contributed by atoms with Crippen LogP contribution in [-0.4, -0.2) is 50.5 Å². The van der Waals surface area contributed by atoms with Crippen LogP contribution in [0.4, 0.5) is 17.6 Å². The second-order valence-corrected chi connectivity index (χ2v) is 10.0. The number of carbonyl (C=O) groups is 1. The lowest BCUT2D eigenvalue weighted by Crippen LogP contribution is -2.35. The molecule has 2 aromatic heterocycles. The number of benzene rings is 2. The van der Waals surface area contributed by atoms with E-state index in [0.717, 1.165) is 5.56 Å². The first kappa shape index (κ1) is 25.4. The summed E-state index contributed by atoms with van der Waals surface area (Å²) >= 11 is 0. The van der Waals surface area contributed by atoms with Gasteiger partial charge in [0.2, 0.25) is 0 Å². The van der Waals surface area contributed by atoms with Crippen molar-refractivity contribution in [1.82, 2.24) is 25.2 Å². The third-order valence-electron chi connectivity index (χ3n) is 7.76. The quantitative estimate of drug-likeness (QED) is 0.264. The molecule has 0 radical (unpaired) electrons. The first-order valence-electron chi connectivity index (χ1n) is 12.3. The Morgan fingerprint density at radius 2 is 1.97 bits per heavy atom. The van der Waals surface area contributed by atoms with Gasteiger partial charge >= 0.3 is 12.1 Å². The Hall–Kier alpha value is -3.87. The number of oxazole rings is 1. The van der Waals surface area contributed by atoms with E-state index in [4.69, 9.17) is 13.9 Å². The molecular weight excluding hydrogens is 522 g/mol. The van der Waals surface area contributed by atoms with Gasteiger partial charge < -0.3 is 13.9 Å². The number of esters is 1. The smallest absolute Gasteiger partial charge is 0.453 e. The molecule has 3 heterocycles. The van der Waals surface area contributed by atoms with Gasteiger partial charge in [-0.05, 0) is 59.5 Å². The Morgan fingerprint density at radius 1 is 1.21 bits per heavy atom. The highest BCUT2D eigenvalue weighted by molar-refractivity contribution is 5.80. The highest BCUT2D eigenvalue weighted by Gasteiger charge is 2.56. The number of nitrogens with zero attached hydrogens (tertiary/aromatic N) is 5. The number of aromatic nitrogens is 5. The number of carbonyl (C=O) groups excluding carboxylic acids is 1. The van der Waals surface area contributed by atoms with Crippen molar-refractivity contribution < 1.29 is 36.2 Å². The molecule has 6 rings (SSSR count). The van der Waals surface area contributed by atoms with Crippen molar-refractivity contribution in [3.63, 3.8) is 0 Å². The van der Waals surface area contributed by atoms with E-state index in [-0.39, 0.29) is 24.2 Å². The van der Waals surface area contributed by atoms with Crippen molar-refractivity contribution in [3.8, 4) is 5.69 Å². The second-order valence-electron chi connectivity index (χ2n) is 10.0. The van der Waals surface area contributed by atoms with E-state index in [2.05, 4.69) is 20.5 Å². The molecular formula is C26H23F4N5O4. The Balaban J connectivity index is 1.42. The molecule has 2 aromatic carbocycles. The van der Waals surface area contributed by atoms with E-state index in [1.165, 1.54) is 25.3 Å². The maximum absolute atomic E-state index is 13.7. The number of ether oxygens (including phenoxy) is 2. The summed E-state index contributed by atoms with van der Waals surface area (Å²) < 4.78 is 72.5. The zero-order valence-corrected chi connectivity index (χ0v) is 20.9. The van der Waals surface area contributed by atoms with Crippen molar-refractivity contribution >= 4 is 17.1 Å². The number of alkyl halides is 3. The Labute approximate surface area is 219 Å². The van der Waals surface area contributed by atoms with Gasteiger partial charge in [0.1, 0.15) is 11.3 Å². The molecule has 204 valence electrons. The fraction of sp³-hybridized carbons (Fsp3) is 0.423. The van der Waals surface area contributed by atoms with E-state index in [1.807, 2.05) is 0 Å². The van der Waals surface area contributed by atoms with Crippen LogP contribution in [-0.2, 0) is 20.4 Å². The van der Waals surface area contributed by atoms with Crippen molar-refractivity contribution in [2.24, 2.45) is 5.92 Å². The van der Waals surface area contributed by atoms with Crippen LogP contribution in [0, 0.1) is 18.7 Å². The summed E-state index contributed by atoms with van der Waals surface area (Å²) in [6.45, 7) is 1.88. The number of hydrogen-bond donors (Lipinski definition) is 0. The predicted molar refractivity (Wildman–Crippen MR) is 126 cm³/mol. The summed E-state index contributed by atoms with van der Waals surface area (Å²) in [5, 5.41) is 9.94. The summed E-state index contributed by atoms with van der Waals surface area (Å²) in [6, 6.07) is 8.99. The van der Waals surface area contributed by atoms with Gasteiger partial charge in [-0.3, -0.25) is 4.79 Å². The fourth-order valence-electron chi connectivity index (χ4n) is 6.21. The second kappa shape index (κ2) is 9.11. The molecule has 9 nitrogen and oxygen atoms in total. The molecule has 1 aliphatic heterocycles. The molecule has 0 N–H and O–H groups in total. The molecule has 13 heteroatoms. The third-order valence-corrected chi connectivity index (χ3v) is 7.76. The van der Waals surface area contributed by atoms with Gasteiger partial charge in [-0.25, -0.2) is 9.37 Å². The number of hydrogen-bond acceptors (Lipinski definition) is 8. The molecule has 0 unspecified atom stereocenters. The van der Waals surface area contributed by atoms with E-state index < -0.39 is 35.3 Å². The fourth-order valence-corrected chi connectivity index (χ4v) is 6.21. The Kier molecular flexibility index (Phi) is 5.93. The van der Waals surface area contributed by atoms with Crippen molar-refractivity contribution in [3.05, 3.63) is 65.1 Å². The van der Waals surface area contributed by atoms with Gasteiger partial charge in [-0.2, -0.15) is 17.9 Å². The summed E-state index contributed by atoms with van der Waals surface area (Å²) in [5.74, 6) is -2.88. The first-order valence-corrected chi connectivity index (χ1v) is 12.3. The molecule has 4 atom stereocenters. The molecule has 1 aliphatic carbocycles. The van der Waals surface area contributed by atoms with Crippen molar-refractivity contribution in [2.75, 3.05) is 13.7 Å². The van der Waals surface area contributed by atoms with Crippen LogP contribution in [0.15, 0.2) is 40.8 Å². The number of tetrazole rings is 1. The molecule has 0 amide bonds. The van der Waals surface area contributed by atoms with E-state index in [0.29, 0.717) is 46.5 Å². The van der Waals surface area contributed by atoms with Crippen LogP contribution >= 0.6 is 0 Å². The topological polar surface area (TPSA) is 105 Å². The van der Waals surface area contributed by atoms with Crippen LogP contribution in [0.3, 0.4) is 0 Å².